The first kappa shape index (κ1) is 24.5. The van der Waals surface area contributed by atoms with Crippen molar-refractivity contribution in [1.82, 2.24) is 0 Å². The Labute approximate surface area is 187 Å². The van der Waals surface area contributed by atoms with Gasteiger partial charge in [-0.3, -0.25) is 4.79 Å². The number of carbonyl (C=O) groups is 1. The lowest BCUT2D eigenvalue weighted by atomic mass is 9.84. The molecule has 0 aliphatic rings. The van der Waals surface area contributed by atoms with Crippen LogP contribution in [-0.4, -0.2) is 17.0 Å². The van der Waals surface area contributed by atoms with Gasteiger partial charge in [0.15, 0.2) is 5.78 Å². The highest BCUT2D eigenvalue weighted by Gasteiger charge is 2.27. The van der Waals surface area contributed by atoms with E-state index in [1.807, 2.05) is 47.6 Å². The van der Waals surface area contributed by atoms with E-state index in [1.165, 1.54) is 0 Å². The standard InChI is InChI=1S/C27H37NO3/c1-25(2,3)21-15-17-23(30-26(4,5)6)20(24(21)31-27(7,8)9)14-16-22(29)18-10-12-19(28)13-11-18/h10-17H,28H2,1-9H3/b16-14+. The van der Waals surface area contributed by atoms with E-state index in [2.05, 4.69) is 26.8 Å². The Morgan fingerprint density at radius 1 is 0.806 bits per heavy atom. The summed E-state index contributed by atoms with van der Waals surface area (Å²) in [7, 11) is 0. The molecule has 0 heterocycles. The van der Waals surface area contributed by atoms with Crippen molar-refractivity contribution in [3.05, 3.63) is 59.2 Å². The smallest absolute Gasteiger partial charge is 0.185 e. The molecule has 4 heteroatoms. The van der Waals surface area contributed by atoms with Gasteiger partial charge in [0.2, 0.25) is 0 Å². The highest BCUT2D eigenvalue weighted by atomic mass is 16.5. The molecule has 2 N–H and O–H groups in total. The summed E-state index contributed by atoms with van der Waals surface area (Å²) in [4.78, 5) is 12.8. The van der Waals surface area contributed by atoms with Gasteiger partial charge < -0.3 is 15.2 Å². The monoisotopic (exact) mass is 423 g/mol. The van der Waals surface area contributed by atoms with Crippen molar-refractivity contribution in [1.29, 1.82) is 0 Å². The normalized spacial score (nSPS) is 12.8. The van der Waals surface area contributed by atoms with Gasteiger partial charge in [0, 0.05) is 16.8 Å². The Bertz CT molecular complexity index is 950. The predicted molar refractivity (Wildman–Crippen MR) is 130 cm³/mol. The van der Waals surface area contributed by atoms with Crippen molar-refractivity contribution in [3.63, 3.8) is 0 Å². The van der Waals surface area contributed by atoms with Crippen LogP contribution in [0.25, 0.3) is 6.08 Å². The van der Waals surface area contributed by atoms with Crippen LogP contribution in [0.4, 0.5) is 5.69 Å². The number of rotatable bonds is 5. The molecule has 0 saturated heterocycles. The van der Waals surface area contributed by atoms with Gasteiger partial charge in [-0.05, 0) is 89.4 Å². The van der Waals surface area contributed by atoms with Crippen LogP contribution in [0.3, 0.4) is 0 Å². The molecular formula is C27H37NO3. The molecule has 168 valence electrons. The van der Waals surface area contributed by atoms with Crippen LogP contribution in [0.2, 0.25) is 0 Å². The van der Waals surface area contributed by atoms with Crippen LogP contribution in [0, 0.1) is 0 Å². The fourth-order valence-corrected chi connectivity index (χ4v) is 3.07. The Balaban J connectivity index is 2.66. The van der Waals surface area contributed by atoms with E-state index in [0.717, 1.165) is 16.9 Å². The summed E-state index contributed by atoms with van der Waals surface area (Å²) in [6.07, 6.45) is 3.37. The zero-order valence-electron chi connectivity index (χ0n) is 20.4. The molecule has 0 aromatic heterocycles. The molecule has 0 radical (unpaired) electrons. The van der Waals surface area contributed by atoms with Crippen LogP contribution in [-0.2, 0) is 5.41 Å². The quantitative estimate of drug-likeness (QED) is 0.326. The van der Waals surface area contributed by atoms with E-state index in [9.17, 15) is 4.79 Å². The highest BCUT2D eigenvalue weighted by molar-refractivity contribution is 6.07. The van der Waals surface area contributed by atoms with Crippen molar-refractivity contribution in [2.45, 2.75) is 78.9 Å². The van der Waals surface area contributed by atoms with Gasteiger partial charge in [-0.15, -0.1) is 0 Å². The summed E-state index contributed by atoms with van der Waals surface area (Å²) >= 11 is 0. The number of benzene rings is 2. The van der Waals surface area contributed by atoms with Crippen molar-refractivity contribution in [2.75, 3.05) is 5.73 Å². The third-order valence-electron chi connectivity index (χ3n) is 4.39. The maximum atomic E-state index is 12.8. The van der Waals surface area contributed by atoms with E-state index >= 15 is 0 Å². The van der Waals surface area contributed by atoms with Crippen molar-refractivity contribution in [2.24, 2.45) is 0 Å². The number of hydrogen-bond donors (Lipinski definition) is 1. The van der Waals surface area contributed by atoms with Crippen LogP contribution < -0.4 is 15.2 Å². The maximum Gasteiger partial charge on any atom is 0.185 e. The Hall–Kier alpha value is -2.75. The number of anilines is 1. The molecule has 0 saturated carbocycles. The number of carbonyl (C=O) groups excluding carboxylic acids is 1. The Morgan fingerprint density at radius 2 is 1.35 bits per heavy atom. The SMILES string of the molecule is CC(C)(C)Oc1ccc(C(C)(C)C)c(OC(C)(C)C)c1/C=C/C(=O)c1ccc(N)cc1. The third-order valence-corrected chi connectivity index (χ3v) is 4.39. The van der Waals surface area contributed by atoms with Crippen LogP contribution in [0.5, 0.6) is 11.5 Å². The lowest BCUT2D eigenvalue weighted by molar-refractivity contribution is 0.104. The minimum absolute atomic E-state index is 0.107. The minimum Gasteiger partial charge on any atom is -0.487 e. The summed E-state index contributed by atoms with van der Waals surface area (Å²) in [6, 6.07) is 10.9. The van der Waals surface area contributed by atoms with E-state index in [1.54, 1.807) is 36.4 Å². The molecule has 4 nitrogen and oxygen atoms in total. The molecule has 0 spiro atoms. The minimum atomic E-state index is -0.413. The number of allylic oxidation sites excluding steroid dienone is 1. The second-order valence-corrected chi connectivity index (χ2v) is 10.9. The van der Waals surface area contributed by atoms with Gasteiger partial charge in [0.1, 0.15) is 22.7 Å². The molecule has 0 atom stereocenters. The number of hydrogen-bond acceptors (Lipinski definition) is 4. The molecule has 0 aliphatic heterocycles. The molecule has 0 aliphatic carbocycles. The summed E-state index contributed by atoms with van der Waals surface area (Å²) in [6.45, 7) is 18.5. The molecule has 0 amide bonds. The molecule has 31 heavy (non-hydrogen) atoms. The highest BCUT2D eigenvalue weighted by Crippen LogP contribution is 2.42. The Morgan fingerprint density at radius 3 is 1.84 bits per heavy atom. The van der Waals surface area contributed by atoms with Crippen molar-refractivity contribution < 1.29 is 14.3 Å². The summed E-state index contributed by atoms with van der Waals surface area (Å²) in [5, 5.41) is 0. The second-order valence-electron chi connectivity index (χ2n) is 10.9. The molecule has 0 bridgehead atoms. The molecular weight excluding hydrogens is 386 g/mol. The number of ketones is 1. The number of ether oxygens (including phenoxy) is 2. The van der Waals surface area contributed by atoms with E-state index in [-0.39, 0.29) is 11.2 Å². The molecule has 2 aromatic rings. The van der Waals surface area contributed by atoms with Gasteiger partial charge in [0.05, 0.1) is 5.56 Å². The van der Waals surface area contributed by atoms with Gasteiger partial charge in [-0.25, -0.2) is 0 Å². The zero-order chi connectivity index (χ0) is 23.6. The maximum absolute atomic E-state index is 12.8. The molecule has 0 unspecified atom stereocenters. The zero-order valence-corrected chi connectivity index (χ0v) is 20.4. The van der Waals surface area contributed by atoms with Crippen LogP contribution >= 0.6 is 0 Å². The fraction of sp³-hybridized carbons (Fsp3) is 0.444. The number of nitrogen functional groups attached to an aromatic ring is 1. The van der Waals surface area contributed by atoms with Crippen molar-refractivity contribution >= 4 is 17.5 Å². The Kier molecular flexibility index (Phi) is 6.94. The average Bonchev–Trinajstić information content (AvgIpc) is 2.57. The van der Waals surface area contributed by atoms with Crippen LogP contribution in [0.1, 0.15) is 83.8 Å². The summed E-state index contributed by atoms with van der Waals surface area (Å²) in [5.74, 6) is 1.31. The first-order chi connectivity index (χ1) is 14.1. The first-order valence-electron chi connectivity index (χ1n) is 10.7. The van der Waals surface area contributed by atoms with Gasteiger partial charge in [-0.2, -0.15) is 0 Å². The molecule has 2 aromatic carbocycles. The van der Waals surface area contributed by atoms with Crippen LogP contribution in [0.15, 0.2) is 42.5 Å². The topological polar surface area (TPSA) is 61.5 Å². The summed E-state index contributed by atoms with van der Waals surface area (Å²) in [5.41, 5.74) is 7.81. The lowest BCUT2D eigenvalue weighted by Crippen LogP contribution is -2.27. The molecule has 0 fully saturated rings. The largest absolute Gasteiger partial charge is 0.487 e. The second kappa shape index (κ2) is 8.78. The number of nitrogens with two attached hydrogens (primary N) is 1. The van der Waals surface area contributed by atoms with Crippen molar-refractivity contribution in [3.8, 4) is 11.5 Å². The third kappa shape index (κ3) is 7.16. The van der Waals surface area contributed by atoms with E-state index in [4.69, 9.17) is 15.2 Å². The lowest BCUT2D eigenvalue weighted by Gasteiger charge is -2.31. The van der Waals surface area contributed by atoms with Gasteiger partial charge in [0.25, 0.3) is 0 Å². The van der Waals surface area contributed by atoms with Gasteiger partial charge in [-0.1, -0.05) is 26.8 Å². The van der Waals surface area contributed by atoms with E-state index < -0.39 is 11.2 Å². The average molecular weight is 424 g/mol. The summed E-state index contributed by atoms with van der Waals surface area (Å²) < 4.78 is 12.7. The first-order valence-corrected chi connectivity index (χ1v) is 10.7. The fourth-order valence-electron chi connectivity index (χ4n) is 3.07. The van der Waals surface area contributed by atoms with E-state index in [0.29, 0.717) is 17.0 Å². The molecule has 2 rings (SSSR count). The predicted octanol–water partition coefficient (Wildman–Crippen LogP) is 6.82. The van der Waals surface area contributed by atoms with Gasteiger partial charge >= 0.3 is 0 Å².